The third kappa shape index (κ3) is 3.09. The van der Waals surface area contributed by atoms with Crippen LogP contribution in [-0.2, 0) is 0 Å². The Labute approximate surface area is 95.1 Å². The quantitative estimate of drug-likeness (QED) is 0.853. The van der Waals surface area contributed by atoms with E-state index in [1.165, 1.54) is 24.3 Å². The van der Waals surface area contributed by atoms with Crippen LogP contribution in [0.25, 0.3) is 0 Å². The molecule has 3 nitrogen and oxygen atoms in total. The first-order chi connectivity index (χ1) is 7.36. The van der Waals surface area contributed by atoms with Crippen LogP contribution < -0.4 is 5.32 Å². The molecule has 0 aromatic carbocycles. The van der Waals surface area contributed by atoms with Crippen LogP contribution in [0.5, 0.6) is 0 Å². The Morgan fingerprint density at radius 2 is 2.07 bits per heavy atom. The zero-order valence-corrected chi connectivity index (χ0v) is 9.89. The molecular formula is C11H17N3S. The number of thioether (sulfide) groups is 1. The second-order valence-corrected chi connectivity index (χ2v) is 5.15. The fourth-order valence-electron chi connectivity index (χ4n) is 1.77. The maximum absolute atomic E-state index is 4.28. The lowest BCUT2D eigenvalue weighted by molar-refractivity contribution is 0.515. The molecule has 1 fully saturated rings. The molecule has 0 aliphatic carbocycles. The average molecular weight is 223 g/mol. The predicted octanol–water partition coefficient (Wildman–Crippen LogP) is 2.34. The molecule has 0 radical (unpaired) electrons. The van der Waals surface area contributed by atoms with Crippen molar-refractivity contribution in [3.05, 3.63) is 18.1 Å². The van der Waals surface area contributed by atoms with Crippen LogP contribution in [0.2, 0.25) is 0 Å². The Morgan fingerprint density at radius 1 is 1.33 bits per heavy atom. The molecule has 15 heavy (non-hydrogen) atoms. The molecule has 1 N–H and O–H groups in total. The summed E-state index contributed by atoms with van der Waals surface area (Å²) < 4.78 is 0. The van der Waals surface area contributed by atoms with Gasteiger partial charge in [0.25, 0.3) is 0 Å². The number of aromatic nitrogens is 2. The number of aryl methyl sites for hydroxylation is 1. The van der Waals surface area contributed by atoms with Crippen molar-refractivity contribution in [2.75, 3.05) is 23.4 Å². The first kappa shape index (κ1) is 10.7. The normalized spacial score (nSPS) is 17.7. The van der Waals surface area contributed by atoms with E-state index in [-0.39, 0.29) is 0 Å². The molecule has 0 saturated carbocycles. The lowest BCUT2D eigenvalue weighted by Crippen LogP contribution is -2.20. The van der Waals surface area contributed by atoms with Gasteiger partial charge in [0, 0.05) is 18.9 Å². The Morgan fingerprint density at radius 3 is 2.80 bits per heavy atom. The fraction of sp³-hybridized carbons (Fsp3) is 0.636. The Balaban J connectivity index is 1.84. The SMILES string of the molecule is Cc1nccnc1NCC1CCSCC1. The van der Waals surface area contributed by atoms with Crippen molar-refractivity contribution >= 4 is 17.6 Å². The number of hydrogen-bond donors (Lipinski definition) is 1. The van der Waals surface area contributed by atoms with Gasteiger partial charge in [0.2, 0.25) is 0 Å². The lowest BCUT2D eigenvalue weighted by atomic mass is 10.0. The van der Waals surface area contributed by atoms with Crippen molar-refractivity contribution < 1.29 is 0 Å². The van der Waals surface area contributed by atoms with Gasteiger partial charge in [0.15, 0.2) is 0 Å². The summed E-state index contributed by atoms with van der Waals surface area (Å²) in [5.41, 5.74) is 0.989. The van der Waals surface area contributed by atoms with Gasteiger partial charge in [-0.2, -0.15) is 11.8 Å². The predicted molar refractivity (Wildman–Crippen MR) is 65.3 cm³/mol. The number of hydrogen-bond acceptors (Lipinski definition) is 4. The molecular weight excluding hydrogens is 206 g/mol. The van der Waals surface area contributed by atoms with Crippen LogP contribution in [0.4, 0.5) is 5.82 Å². The van der Waals surface area contributed by atoms with Crippen LogP contribution in [0.1, 0.15) is 18.5 Å². The first-order valence-electron chi connectivity index (χ1n) is 5.45. The number of nitrogens with zero attached hydrogens (tertiary/aromatic N) is 2. The van der Waals surface area contributed by atoms with Gasteiger partial charge in [-0.3, -0.25) is 4.98 Å². The van der Waals surface area contributed by atoms with Gasteiger partial charge < -0.3 is 5.32 Å². The molecule has 0 amide bonds. The van der Waals surface area contributed by atoms with E-state index in [4.69, 9.17) is 0 Å². The zero-order chi connectivity index (χ0) is 10.5. The first-order valence-corrected chi connectivity index (χ1v) is 6.61. The summed E-state index contributed by atoms with van der Waals surface area (Å²) >= 11 is 2.07. The summed E-state index contributed by atoms with van der Waals surface area (Å²) in [5.74, 6) is 4.38. The van der Waals surface area contributed by atoms with E-state index in [0.717, 1.165) is 24.0 Å². The monoisotopic (exact) mass is 223 g/mol. The van der Waals surface area contributed by atoms with Crippen molar-refractivity contribution in [3.8, 4) is 0 Å². The van der Waals surface area contributed by atoms with Gasteiger partial charge >= 0.3 is 0 Å². The highest BCUT2D eigenvalue weighted by Gasteiger charge is 2.13. The van der Waals surface area contributed by atoms with Crippen LogP contribution in [0, 0.1) is 12.8 Å². The standard InChI is InChI=1S/C11H17N3S/c1-9-11(13-5-4-12-9)14-8-10-2-6-15-7-3-10/h4-5,10H,2-3,6-8H2,1H3,(H,13,14). The fourth-order valence-corrected chi connectivity index (χ4v) is 2.98. The minimum atomic E-state index is 0.813. The van der Waals surface area contributed by atoms with Crippen molar-refractivity contribution in [1.82, 2.24) is 9.97 Å². The third-order valence-corrected chi connectivity index (χ3v) is 3.83. The molecule has 0 atom stereocenters. The molecule has 2 rings (SSSR count). The van der Waals surface area contributed by atoms with Gasteiger partial charge in [-0.1, -0.05) is 0 Å². The van der Waals surface area contributed by atoms with Gasteiger partial charge in [-0.05, 0) is 37.2 Å². The van der Waals surface area contributed by atoms with Gasteiger partial charge in [-0.25, -0.2) is 4.98 Å². The molecule has 1 saturated heterocycles. The number of rotatable bonds is 3. The summed E-state index contributed by atoms with van der Waals surface area (Å²) in [6, 6.07) is 0. The van der Waals surface area contributed by atoms with E-state index < -0.39 is 0 Å². The van der Waals surface area contributed by atoms with Crippen molar-refractivity contribution in [1.29, 1.82) is 0 Å². The average Bonchev–Trinajstić information content (AvgIpc) is 2.29. The van der Waals surface area contributed by atoms with E-state index >= 15 is 0 Å². The molecule has 1 aliphatic heterocycles. The van der Waals surface area contributed by atoms with Crippen molar-refractivity contribution in [2.24, 2.45) is 5.92 Å². The summed E-state index contributed by atoms with van der Waals surface area (Å²) in [7, 11) is 0. The van der Waals surface area contributed by atoms with Crippen LogP contribution in [0.15, 0.2) is 12.4 Å². The summed E-state index contributed by atoms with van der Waals surface area (Å²) in [4.78, 5) is 8.50. The van der Waals surface area contributed by atoms with Crippen LogP contribution in [0.3, 0.4) is 0 Å². The Hall–Kier alpha value is -0.770. The van der Waals surface area contributed by atoms with E-state index in [9.17, 15) is 0 Å². The highest BCUT2D eigenvalue weighted by Crippen LogP contribution is 2.22. The van der Waals surface area contributed by atoms with E-state index in [1.807, 2.05) is 6.92 Å². The Kier molecular flexibility index (Phi) is 3.83. The highest BCUT2D eigenvalue weighted by atomic mass is 32.2. The van der Waals surface area contributed by atoms with Gasteiger partial charge in [0.05, 0.1) is 5.69 Å². The molecule has 1 aromatic heterocycles. The zero-order valence-electron chi connectivity index (χ0n) is 9.07. The largest absolute Gasteiger partial charge is 0.368 e. The van der Waals surface area contributed by atoms with E-state index in [0.29, 0.717) is 0 Å². The Bertz CT molecular complexity index is 310. The summed E-state index contributed by atoms with van der Waals surface area (Å²) in [6.45, 7) is 3.03. The summed E-state index contributed by atoms with van der Waals surface area (Å²) in [5, 5.41) is 3.40. The van der Waals surface area contributed by atoms with Gasteiger partial charge in [-0.15, -0.1) is 0 Å². The molecule has 0 unspecified atom stereocenters. The molecule has 0 spiro atoms. The maximum Gasteiger partial charge on any atom is 0.147 e. The van der Waals surface area contributed by atoms with Crippen molar-refractivity contribution in [3.63, 3.8) is 0 Å². The molecule has 2 heterocycles. The smallest absolute Gasteiger partial charge is 0.147 e. The number of anilines is 1. The third-order valence-electron chi connectivity index (χ3n) is 2.78. The molecule has 0 bridgehead atoms. The molecule has 82 valence electrons. The molecule has 4 heteroatoms. The lowest BCUT2D eigenvalue weighted by Gasteiger charge is -2.21. The second kappa shape index (κ2) is 5.35. The highest BCUT2D eigenvalue weighted by molar-refractivity contribution is 7.99. The maximum atomic E-state index is 4.28. The second-order valence-electron chi connectivity index (χ2n) is 3.93. The topological polar surface area (TPSA) is 37.8 Å². The minimum absolute atomic E-state index is 0.813. The molecule has 1 aliphatic rings. The summed E-state index contributed by atoms with van der Waals surface area (Å²) in [6.07, 6.45) is 6.14. The molecule has 1 aromatic rings. The van der Waals surface area contributed by atoms with Crippen LogP contribution >= 0.6 is 11.8 Å². The van der Waals surface area contributed by atoms with Gasteiger partial charge in [0.1, 0.15) is 5.82 Å². The van der Waals surface area contributed by atoms with E-state index in [1.54, 1.807) is 12.4 Å². The minimum Gasteiger partial charge on any atom is -0.368 e. The van der Waals surface area contributed by atoms with Crippen molar-refractivity contribution in [2.45, 2.75) is 19.8 Å². The number of nitrogens with one attached hydrogen (secondary N) is 1. The van der Waals surface area contributed by atoms with Crippen LogP contribution in [-0.4, -0.2) is 28.0 Å². The van der Waals surface area contributed by atoms with E-state index in [2.05, 4.69) is 27.0 Å².